The third-order valence-corrected chi connectivity index (χ3v) is 8.34. The van der Waals surface area contributed by atoms with E-state index in [1.54, 1.807) is 11.8 Å². The van der Waals surface area contributed by atoms with Crippen LogP contribution < -0.4 is 16.4 Å². The van der Waals surface area contributed by atoms with Gasteiger partial charge in [-0.2, -0.15) is 11.8 Å². The summed E-state index contributed by atoms with van der Waals surface area (Å²) >= 11 is 1.70. The molecule has 0 aromatic carbocycles. The average Bonchev–Trinajstić information content (AvgIpc) is 3.47. The first-order valence-corrected chi connectivity index (χ1v) is 13.5. The van der Waals surface area contributed by atoms with Crippen molar-refractivity contribution < 1.29 is 33.9 Å². The van der Waals surface area contributed by atoms with Crippen molar-refractivity contribution in [1.29, 1.82) is 0 Å². The largest absolute Gasteiger partial charge is 0.480 e. The molecule has 11 nitrogen and oxygen atoms in total. The number of fused-ring (bicyclic) bond motifs is 1. The lowest BCUT2D eigenvalue weighted by Gasteiger charge is -2.26. The zero-order chi connectivity index (χ0) is 26.2. The van der Waals surface area contributed by atoms with Gasteiger partial charge in [-0.25, -0.2) is 4.79 Å². The Morgan fingerprint density at radius 2 is 1.81 bits per heavy atom. The molecule has 0 bridgehead atoms. The van der Waals surface area contributed by atoms with Gasteiger partial charge >= 0.3 is 12.0 Å². The number of unbranched alkanes of at least 4 members (excludes halogenated alkanes) is 2. The molecule has 4 atom stereocenters. The number of amides is 4. The van der Waals surface area contributed by atoms with E-state index in [0.29, 0.717) is 44.4 Å². The molecule has 5 N–H and O–H groups in total. The van der Waals surface area contributed by atoms with E-state index in [1.807, 2.05) is 0 Å². The highest BCUT2D eigenvalue weighted by atomic mass is 32.2. The highest BCUT2D eigenvalue weighted by Gasteiger charge is 2.50. The molecule has 3 aliphatic rings. The Morgan fingerprint density at radius 1 is 1.08 bits per heavy atom. The van der Waals surface area contributed by atoms with Crippen molar-refractivity contribution in [2.75, 3.05) is 12.3 Å². The Hall–Kier alpha value is -2.73. The first kappa shape index (κ1) is 27.9. The van der Waals surface area contributed by atoms with E-state index in [2.05, 4.69) is 10.6 Å². The number of carbonyl (C=O) groups is 6. The molecular formula is C24H34N4O7S. The lowest BCUT2D eigenvalue weighted by atomic mass is 9.97. The molecule has 198 valence electrons. The fourth-order valence-corrected chi connectivity index (χ4v) is 6.40. The smallest absolute Gasteiger partial charge is 0.324 e. The third-order valence-electron chi connectivity index (χ3n) is 6.85. The molecule has 0 aromatic heterocycles. The zero-order valence-corrected chi connectivity index (χ0v) is 21.0. The minimum absolute atomic E-state index is 0.0414. The average molecular weight is 523 g/mol. The van der Waals surface area contributed by atoms with Gasteiger partial charge in [0.05, 0.1) is 18.0 Å². The van der Waals surface area contributed by atoms with Gasteiger partial charge in [-0.3, -0.25) is 28.9 Å². The Kier molecular flexibility index (Phi) is 10.1. The van der Waals surface area contributed by atoms with Crippen LogP contribution in [0.1, 0.15) is 57.8 Å². The number of ketones is 2. The van der Waals surface area contributed by atoms with Crippen LogP contribution >= 0.6 is 11.8 Å². The van der Waals surface area contributed by atoms with Gasteiger partial charge in [0.15, 0.2) is 11.6 Å². The number of carboxylic acids is 1. The summed E-state index contributed by atoms with van der Waals surface area (Å²) in [6, 6.07) is -1.69. The second-order valence-corrected chi connectivity index (χ2v) is 10.7. The molecule has 0 aromatic rings. The van der Waals surface area contributed by atoms with Crippen molar-refractivity contribution in [2.45, 2.75) is 81.2 Å². The summed E-state index contributed by atoms with van der Waals surface area (Å²) in [5, 5.41) is 14.5. The van der Waals surface area contributed by atoms with Crippen LogP contribution in [0.3, 0.4) is 0 Å². The van der Waals surface area contributed by atoms with E-state index < -0.39 is 24.0 Å². The first-order chi connectivity index (χ1) is 17.2. The molecule has 36 heavy (non-hydrogen) atoms. The van der Waals surface area contributed by atoms with E-state index in [1.165, 1.54) is 17.1 Å². The molecule has 1 aliphatic carbocycles. The zero-order valence-electron chi connectivity index (χ0n) is 20.1. The van der Waals surface area contributed by atoms with Gasteiger partial charge in [-0.15, -0.1) is 0 Å². The van der Waals surface area contributed by atoms with Gasteiger partial charge < -0.3 is 21.5 Å². The molecule has 2 saturated heterocycles. The van der Waals surface area contributed by atoms with E-state index in [4.69, 9.17) is 10.8 Å². The number of rotatable bonds is 14. The summed E-state index contributed by atoms with van der Waals surface area (Å²) in [4.78, 5) is 72.9. The minimum Gasteiger partial charge on any atom is -0.480 e. The second kappa shape index (κ2) is 13.0. The van der Waals surface area contributed by atoms with E-state index >= 15 is 0 Å². The topological polar surface area (TPSA) is 176 Å². The molecule has 12 heteroatoms. The van der Waals surface area contributed by atoms with Crippen LogP contribution in [0.4, 0.5) is 4.79 Å². The number of urea groups is 1. The molecule has 3 rings (SSSR count). The highest BCUT2D eigenvalue weighted by Crippen LogP contribution is 2.38. The molecule has 4 amide bonds. The Labute approximate surface area is 214 Å². The Balaban J connectivity index is 1.36. The molecule has 0 radical (unpaired) electrons. The molecule has 2 heterocycles. The molecule has 2 fully saturated rings. The summed E-state index contributed by atoms with van der Waals surface area (Å²) in [5.41, 5.74) is 5.45. The summed E-state index contributed by atoms with van der Waals surface area (Å²) in [5.74, 6) is -2.16. The van der Waals surface area contributed by atoms with Crippen LogP contribution in [0.25, 0.3) is 0 Å². The number of carbonyl (C=O) groups excluding carboxylic acids is 5. The molecule has 2 aliphatic heterocycles. The molecular weight excluding hydrogens is 488 g/mol. The minimum atomic E-state index is -1.02. The van der Waals surface area contributed by atoms with Gasteiger partial charge in [0.25, 0.3) is 0 Å². The van der Waals surface area contributed by atoms with Gasteiger partial charge in [0, 0.05) is 30.4 Å². The molecule has 0 unspecified atom stereocenters. The maximum Gasteiger partial charge on any atom is 0.324 e. The number of thioether (sulfide) groups is 1. The van der Waals surface area contributed by atoms with Crippen LogP contribution in [-0.2, 0) is 24.0 Å². The maximum absolute atomic E-state index is 12.9. The summed E-state index contributed by atoms with van der Waals surface area (Å²) in [6.45, 7) is 0.479. The van der Waals surface area contributed by atoms with Gasteiger partial charge in [0.2, 0.25) is 11.8 Å². The van der Waals surface area contributed by atoms with Gasteiger partial charge in [0.1, 0.15) is 6.04 Å². The number of hydrogen-bond donors (Lipinski definition) is 4. The van der Waals surface area contributed by atoms with E-state index in [0.717, 1.165) is 12.8 Å². The number of imide groups is 1. The lowest BCUT2D eigenvalue weighted by Crippen LogP contribution is -2.44. The second-order valence-electron chi connectivity index (χ2n) is 9.45. The summed E-state index contributed by atoms with van der Waals surface area (Å²) in [7, 11) is 0. The SMILES string of the molecule is N[C@@H](CCCCNC(=O)CCCC[C@@H]1SC[C@@H]2NC(=O)N(C(=O)CCC3C(=O)C=CC3=O)[C@@H]21)C(=O)O. The number of hydrogen-bond acceptors (Lipinski definition) is 8. The molecule has 0 spiro atoms. The van der Waals surface area contributed by atoms with Crippen LogP contribution in [0, 0.1) is 5.92 Å². The van der Waals surface area contributed by atoms with Crippen LogP contribution in [0.15, 0.2) is 12.2 Å². The van der Waals surface area contributed by atoms with Gasteiger partial charge in [-0.1, -0.05) is 6.42 Å². The summed E-state index contributed by atoms with van der Waals surface area (Å²) < 4.78 is 0. The normalized spacial score (nSPS) is 24.2. The quantitative estimate of drug-likeness (QED) is 0.146. The number of nitrogens with two attached hydrogens (primary N) is 1. The Morgan fingerprint density at radius 3 is 2.50 bits per heavy atom. The van der Waals surface area contributed by atoms with Crippen molar-refractivity contribution in [2.24, 2.45) is 11.7 Å². The number of allylic oxidation sites excluding steroid dienone is 2. The maximum atomic E-state index is 12.9. The van der Waals surface area contributed by atoms with Crippen molar-refractivity contribution >= 4 is 47.1 Å². The van der Waals surface area contributed by atoms with Crippen LogP contribution in [-0.4, -0.2) is 81.1 Å². The predicted molar refractivity (Wildman–Crippen MR) is 132 cm³/mol. The first-order valence-electron chi connectivity index (χ1n) is 12.4. The molecule has 0 saturated carbocycles. The standard InChI is InChI=1S/C24H34N4O7S/c25-15(23(33)34)5-3-4-12-26-20(31)7-2-1-6-19-22-16(13-36-19)27-24(35)28(22)21(32)11-8-14-17(29)9-10-18(14)30/h9-10,14-16,19,22H,1-8,11-13,25H2,(H,26,31)(H,27,35)(H,33,34)/t15-,16-,19-,22-/m0/s1. The fourth-order valence-electron chi connectivity index (χ4n) is 4.82. The number of nitrogens with zero attached hydrogens (tertiary/aromatic N) is 1. The van der Waals surface area contributed by atoms with Crippen molar-refractivity contribution in [1.82, 2.24) is 15.5 Å². The van der Waals surface area contributed by atoms with Crippen LogP contribution in [0.2, 0.25) is 0 Å². The van der Waals surface area contributed by atoms with E-state index in [9.17, 15) is 28.8 Å². The van der Waals surface area contributed by atoms with Crippen molar-refractivity contribution in [3.8, 4) is 0 Å². The number of aliphatic carboxylic acids is 1. The Bertz CT molecular complexity index is 906. The number of nitrogens with one attached hydrogen (secondary N) is 2. The highest BCUT2D eigenvalue weighted by molar-refractivity contribution is 8.00. The lowest BCUT2D eigenvalue weighted by molar-refractivity contribution is -0.139. The van der Waals surface area contributed by atoms with Crippen molar-refractivity contribution in [3.05, 3.63) is 12.2 Å². The predicted octanol–water partition coefficient (Wildman–Crippen LogP) is 0.754. The number of carboxylic acid groups (broad SMARTS) is 1. The monoisotopic (exact) mass is 522 g/mol. The summed E-state index contributed by atoms with van der Waals surface area (Å²) in [6.07, 6.45) is 6.78. The van der Waals surface area contributed by atoms with Crippen molar-refractivity contribution in [3.63, 3.8) is 0 Å². The van der Waals surface area contributed by atoms with Crippen LogP contribution in [0.5, 0.6) is 0 Å². The third kappa shape index (κ3) is 7.16. The van der Waals surface area contributed by atoms with Gasteiger partial charge in [-0.05, 0) is 50.7 Å². The van der Waals surface area contributed by atoms with E-state index in [-0.39, 0.29) is 53.6 Å². The fraction of sp³-hybridized carbons (Fsp3) is 0.667.